The number of amides is 2. The van der Waals surface area contributed by atoms with Gasteiger partial charge in [0.1, 0.15) is 5.76 Å². The number of anilines is 1. The number of thiazole rings is 1. The van der Waals surface area contributed by atoms with Crippen LogP contribution >= 0.6 is 11.3 Å². The average molecular weight is 381 g/mol. The third kappa shape index (κ3) is 3.78. The topological polar surface area (TPSA) is 84.2 Å². The Kier molecular flexibility index (Phi) is 4.77. The summed E-state index contributed by atoms with van der Waals surface area (Å²) in [6, 6.07) is 11.0. The van der Waals surface area contributed by atoms with Crippen molar-refractivity contribution in [2.45, 2.75) is 32.2 Å². The van der Waals surface area contributed by atoms with Crippen LogP contribution in [0.2, 0.25) is 0 Å². The lowest BCUT2D eigenvalue weighted by atomic mass is 10.1. The Bertz CT molecular complexity index is 961. The van der Waals surface area contributed by atoms with Crippen LogP contribution in [-0.4, -0.2) is 16.8 Å². The molecule has 0 aliphatic heterocycles. The molecule has 0 unspecified atom stereocenters. The number of furan rings is 1. The van der Waals surface area contributed by atoms with Crippen LogP contribution in [-0.2, 0) is 17.8 Å². The number of carbonyl (C=O) groups excluding carboxylic acids is 2. The molecule has 2 heterocycles. The molecule has 1 aromatic carbocycles. The third-order valence-corrected chi connectivity index (χ3v) is 5.63. The van der Waals surface area contributed by atoms with Crippen LogP contribution in [0, 0.1) is 6.92 Å². The number of aromatic nitrogens is 1. The van der Waals surface area contributed by atoms with E-state index in [9.17, 15) is 9.59 Å². The molecular weight excluding hydrogens is 362 g/mol. The minimum absolute atomic E-state index is 0.0631. The van der Waals surface area contributed by atoms with E-state index in [4.69, 9.17) is 4.42 Å². The van der Waals surface area contributed by atoms with E-state index in [1.807, 2.05) is 25.1 Å². The van der Waals surface area contributed by atoms with Crippen molar-refractivity contribution in [1.82, 2.24) is 10.3 Å². The monoisotopic (exact) mass is 381 g/mol. The first kappa shape index (κ1) is 17.5. The molecule has 2 N–H and O–H groups in total. The summed E-state index contributed by atoms with van der Waals surface area (Å²) in [6.45, 7) is 2.34. The fraction of sp³-hybridized carbons (Fsp3) is 0.250. The number of aryl methyl sites for hydroxylation is 2. The maximum Gasteiger partial charge on any atom is 0.257 e. The van der Waals surface area contributed by atoms with Gasteiger partial charge in [0.15, 0.2) is 5.13 Å². The molecule has 0 spiro atoms. The maximum atomic E-state index is 12.5. The first-order valence-corrected chi connectivity index (χ1v) is 9.59. The van der Waals surface area contributed by atoms with Gasteiger partial charge in [0.2, 0.25) is 5.91 Å². The number of hydrogen-bond acceptors (Lipinski definition) is 5. The zero-order chi connectivity index (χ0) is 18.8. The molecule has 7 heteroatoms. The molecule has 2 aromatic heterocycles. The number of rotatable bonds is 5. The number of nitrogens with zero attached hydrogens (tertiary/aromatic N) is 1. The summed E-state index contributed by atoms with van der Waals surface area (Å²) in [4.78, 5) is 30.5. The van der Waals surface area contributed by atoms with Crippen molar-refractivity contribution in [3.63, 3.8) is 0 Å². The molecule has 4 rings (SSSR count). The summed E-state index contributed by atoms with van der Waals surface area (Å²) in [5.41, 5.74) is 2.46. The lowest BCUT2D eigenvalue weighted by Gasteiger charge is -2.09. The second-order valence-electron chi connectivity index (χ2n) is 6.54. The molecule has 0 radical (unpaired) electrons. The highest BCUT2D eigenvalue weighted by atomic mass is 32.1. The predicted octanol–water partition coefficient (Wildman–Crippen LogP) is 3.64. The highest BCUT2D eigenvalue weighted by molar-refractivity contribution is 7.16. The lowest BCUT2D eigenvalue weighted by molar-refractivity contribution is -0.122. The molecule has 27 heavy (non-hydrogen) atoms. The predicted molar refractivity (Wildman–Crippen MR) is 103 cm³/mol. The van der Waals surface area contributed by atoms with Crippen molar-refractivity contribution in [2.24, 2.45) is 0 Å². The van der Waals surface area contributed by atoms with Crippen LogP contribution in [0.4, 0.5) is 5.13 Å². The Labute approximate surface area is 160 Å². The van der Waals surface area contributed by atoms with E-state index in [2.05, 4.69) is 15.6 Å². The van der Waals surface area contributed by atoms with Gasteiger partial charge in [-0.25, -0.2) is 4.98 Å². The van der Waals surface area contributed by atoms with Gasteiger partial charge in [-0.2, -0.15) is 0 Å². The van der Waals surface area contributed by atoms with Crippen molar-refractivity contribution >= 4 is 28.3 Å². The van der Waals surface area contributed by atoms with Gasteiger partial charge < -0.3 is 9.73 Å². The third-order valence-electron chi connectivity index (χ3n) is 4.59. The van der Waals surface area contributed by atoms with Crippen LogP contribution < -0.4 is 10.6 Å². The first-order valence-electron chi connectivity index (χ1n) is 8.78. The molecule has 2 amide bonds. The molecule has 138 valence electrons. The van der Waals surface area contributed by atoms with E-state index in [-0.39, 0.29) is 17.7 Å². The van der Waals surface area contributed by atoms with Gasteiger partial charge in [0, 0.05) is 10.4 Å². The molecular formula is C20H19N3O3S. The SMILES string of the molecule is Cc1ccc(C(=O)Nc2nc3c(s2)CC[C@@H]3C(=O)NCc2ccco2)cc1. The minimum Gasteiger partial charge on any atom is -0.467 e. The van der Waals surface area contributed by atoms with Crippen LogP contribution in [0.5, 0.6) is 0 Å². The van der Waals surface area contributed by atoms with E-state index in [0.29, 0.717) is 23.0 Å². The summed E-state index contributed by atoms with van der Waals surface area (Å²) in [7, 11) is 0. The van der Waals surface area contributed by atoms with Crippen LogP contribution in [0.3, 0.4) is 0 Å². The van der Waals surface area contributed by atoms with Gasteiger partial charge in [-0.15, -0.1) is 11.3 Å². The minimum atomic E-state index is -0.281. The number of carbonyl (C=O) groups is 2. The number of fused-ring (bicyclic) bond motifs is 1. The largest absolute Gasteiger partial charge is 0.467 e. The second kappa shape index (κ2) is 7.36. The summed E-state index contributed by atoms with van der Waals surface area (Å²) < 4.78 is 5.24. The van der Waals surface area contributed by atoms with Gasteiger partial charge in [0.25, 0.3) is 5.91 Å². The van der Waals surface area contributed by atoms with Gasteiger partial charge in [-0.1, -0.05) is 17.7 Å². The molecule has 0 saturated heterocycles. The van der Waals surface area contributed by atoms with Crippen molar-refractivity contribution in [3.05, 3.63) is 70.1 Å². The van der Waals surface area contributed by atoms with Crippen LogP contribution in [0.1, 0.15) is 44.6 Å². The van der Waals surface area contributed by atoms with Gasteiger partial charge in [-0.3, -0.25) is 14.9 Å². The molecule has 0 fully saturated rings. The zero-order valence-corrected chi connectivity index (χ0v) is 15.6. The molecule has 1 aliphatic carbocycles. The number of benzene rings is 1. The quantitative estimate of drug-likeness (QED) is 0.707. The van der Waals surface area contributed by atoms with Crippen LogP contribution in [0.15, 0.2) is 47.1 Å². The van der Waals surface area contributed by atoms with Crippen molar-refractivity contribution < 1.29 is 14.0 Å². The molecule has 1 atom stereocenters. The van der Waals surface area contributed by atoms with Gasteiger partial charge >= 0.3 is 0 Å². The summed E-state index contributed by atoms with van der Waals surface area (Å²) in [6.07, 6.45) is 3.12. The number of nitrogens with one attached hydrogen (secondary N) is 2. The first-order chi connectivity index (χ1) is 13.1. The maximum absolute atomic E-state index is 12.5. The van der Waals surface area contributed by atoms with E-state index in [0.717, 1.165) is 29.0 Å². The Morgan fingerprint density at radius 3 is 2.81 bits per heavy atom. The lowest BCUT2D eigenvalue weighted by Crippen LogP contribution is -2.28. The fourth-order valence-corrected chi connectivity index (χ4v) is 4.15. The Balaban J connectivity index is 1.42. The summed E-state index contributed by atoms with van der Waals surface area (Å²) >= 11 is 1.44. The Morgan fingerprint density at radius 1 is 1.26 bits per heavy atom. The van der Waals surface area contributed by atoms with Gasteiger partial charge in [0.05, 0.1) is 24.4 Å². The van der Waals surface area contributed by atoms with Crippen molar-refractivity contribution in [3.8, 4) is 0 Å². The average Bonchev–Trinajstić information content (AvgIpc) is 3.37. The summed E-state index contributed by atoms with van der Waals surface area (Å²) in [5, 5.41) is 6.27. The second-order valence-corrected chi connectivity index (χ2v) is 7.62. The van der Waals surface area contributed by atoms with E-state index >= 15 is 0 Å². The molecule has 1 aliphatic rings. The smallest absolute Gasteiger partial charge is 0.257 e. The number of hydrogen-bond donors (Lipinski definition) is 2. The van der Waals surface area contributed by atoms with Gasteiger partial charge in [-0.05, 0) is 44.0 Å². The van der Waals surface area contributed by atoms with Crippen LogP contribution in [0.25, 0.3) is 0 Å². The fourth-order valence-electron chi connectivity index (χ4n) is 3.12. The van der Waals surface area contributed by atoms with E-state index in [1.54, 1.807) is 24.5 Å². The highest BCUT2D eigenvalue weighted by Gasteiger charge is 2.32. The Hall–Kier alpha value is -2.93. The molecule has 0 saturated carbocycles. The Morgan fingerprint density at radius 2 is 2.07 bits per heavy atom. The van der Waals surface area contributed by atoms with Crippen molar-refractivity contribution in [2.75, 3.05) is 5.32 Å². The molecule has 0 bridgehead atoms. The molecule has 6 nitrogen and oxygen atoms in total. The highest BCUT2D eigenvalue weighted by Crippen LogP contribution is 2.38. The normalized spacial score (nSPS) is 15.4. The summed E-state index contributed by atoms with van der Waals surface area (Å²) in [5.74, 6) is 0.176. The van der Waals surface area contributed by atoms with Crippen molar-refractivity contribution in [1.29, 1.82) is 0 Å². The zero-order valence-electron chi connectivity index (χ0n) is 14.8. The van der Waals surface area contributed by atoms with E-state index < -0.39 is 0 Å². The van der Waals surface area contributed by atoms with E-state index in [1.165, 1.54) is 11.3 Å². The molecule has 3 aromatic rings. The standard InChI is InChI=1S/C20H19N3O3S/c1-12-4-6-13(7-5-12)18(24)23-20-22-17-15(8-9-16(17)27-20)19(25)21-11-14-3-2-10-26-14/h2-7,10,15H,8-9,11H2,1H3,(H,21,25)(H,22,23,24)/t15-/m0/s1.